The summed E-state index contributed by atoms with van der Waals surface area (Å²) in [6.45, 7) is 2.50. The van der Waals surface area contributed by atoms with Crippen LogP contribution in [0.3, 0.4) is 0 Å². The normalized spacial score (nSPS) is 22.5. The molecule has 1 aliphatic heterocycles. The van der Waals surface area contributed by atoms with Crippen LogP contribution in [-0.4, -0.2) is 45.8 Å². The second-order valence-corrected chi connectivity index (χ2v) is 6.48. The number of rotatable bonds is 5. The van der Waals surface area contributed by atoms with Crippen LogP contribution in [0.1, 0.15) is 12.5 Å². The molecule has 3 atom stereocenters. The zero-order valence-corrected chi connectivity index (χ0v) is 12.2. The molecule has 1 amide bonds. The molecule has 4 nitrogen and oxygen atoms in total. The predicted molar refractivity (Wildman–Crippen MR) is 77.2 cm³/mol. The van der Waals surface area contributed by atoms with Crippen LogP contribution in [-0.2, 0) is 22.0 Å². The van der Waals surface area contributed by atoms with Gasteiger partial charge in [0.05, 0.1) is 12.7 Å². The van der Waals surface area contributed by atoms with Crippen LogP contribution in [0.15, 0.2) is 30.3 Å². The van der Waals surface area contributed by atoms with E-state index in [-0.39, 0.29) is 18.0 Å². The fourth-order valence-electron chi connectivity index (χ4n) is 2.39. The average Bonchev–Trinajstić information content (AvgIpc) is 2.72. The Labute approximate surface area is 116 Å². The molecule has 1 heterocycles. The Bertz CT molecular complexity index is 464. The number of carbonyl (C=O) groups is 1. The van der Waals surface area contributed by atoms with Gasteiger partial charge in [0, 0.05) is 28.9 Å². The first kappa shape index (κ1) is 14.2. The van der Waals surface area contributed by atoms with Crippen LogP contribution < -0.4 is 5.32 Å². The Balaban J connectivity index is 1.96. The second-order valence-electron chi connectivity index (χ2n) is 5.00. The molecule has 0 aromatic heterocycles. The largest absolute Gasteiger partial charge is 0.325 e. The van der Waals surface area contributed by atoms with Crippen molar-refractivity contribution >= 4 is 16.7 Å². The molecule has 5 heteroatoms. The molecule has 1 aromatic rings. The van der Waals surface area contributed by atoms with Crippen LogP contribution in [0.5, 0.6) is 0 Å². The SMILES string of the molecule is CC(CS(C)=O)N1CNC(Cc2ccccc2)C1=O. The Morgan fingerprint density at radius 3 is 2.74 bits per heavy atom. The highest BCUT2D eigenvalue weighted by Crippen LogP contribution is 2.13. The predicted octanol–water partition coefficient (Wildman–Crippen LogP) is 0.754. The molecule has 0 aliphatic carbocycles. The minimum absolute atomic E-state index is 0.0200. The van der Waals surface area contributed by atoms with Crippen molar-refractivity contribution in [3.05, 3.63) is 35.9 Å². The maximum atomic E-state index is 12.3. The van der Waals surface area contributed by atoms with E-state index in [0.29, 0.717) is 18.8 Å². The van der Waals surface area contributed by atoms with Gasteiger partial charge in [0.15, 0.2) is 0 Å². The highest BCUT2D eigenvalue weighted by Gasteiger charge is 2.33. The van der Waals surface area contributed by atoms with Crippen molar-refractivity contribution in [1.82, 2.24) is 10.2 Å². The lowest BCUT2D eigenvalue weighted by Crippen LogP contribution is -2.40. The van der Waals surface area contributed by atoms with Crippen molar-refractivity contribution in [3.63, 3.8) is 0 Å². The van der Waals surface area contributed by atoms with Crippen LogP contribution in [0, 0.1) is 0 Å². The van der Waals surface area contributed by atoms with E-state index < -0.39 is 10.8 Å². The Hall–Kier alpha value is -1.20. The third kappa shape index (κ3) is 3.64. The van der Waals surface area contributed by atoms with Crippen molar-refractivity contribution in [2.45, 2.75) is 25.4 Å². The topological polar surface area (TPSA) is 49.4 Å². The molecular formula is C14H20N2O2S. The van der Waals surface area contributed by atoms with Crippen LogP contribution in [0.25, 0.3) is 0 Å². The van der Waals surface area contributed by atoms with Gasteiger partial charge in [-0.25, -0.2) is 0 Å². The summed E-state index contributed by atoms with van der Waals surface area (Å²) < 4.78 is 11.2. The molecule has 0 saturated carbocycles. The van der Waals surface area contributed by atoms with E-state index >= 15 is 0 Å². The lowest BCUT2D eigenvalue weighted by molar-refractivity contribution is -0.130. The van der Waals surface area contributed by atoms with Crippen molar-refractivity contribution in [3.8, 4) is 0 Å². The monoisotopic (exact) mass is 280 g/mol. The van der Waals surface area contributed by atoms with Gasteiger partial charge in [-0.3, -0.25) is 14.3 Å². The molecule has 104 valence electrons. The fourth-order valence-corrected chi connectivity index (χ4v) is 3.25. The lowest BCUT2D eigenvalue weighted by atomic mass is 10.1. The van der Waals surface area contributed by atoms with Crippen molar-refractivity contribution in [2.75, 3.05) is 18.7 Å². The number of carbonyl (C=O) groups excluding carboxylic acids is 1. The van der Waals surface area contributed by atoms with E-state index in [2.05, 4.69) is 5.32 Å². The fraction of sp³-hybridized carbons (Fsp3) is 0.500. The summed E-state index contributed by atoms with van der Waals surface area (Å²) in [6, 6.07) is 9.86. The number of benzene rings is 1. The van der Waals surface area contributed by atoms with Gasteiger partial charge >= 0.3 is 0 Å². The minimum Gasteiger partial charge on any atom is -0.325 e. The summed E-state index contributed by atoms with van der Waals surface area (Å²) in [5.41, 5.74) is 1.15. The Morgan fingerprint density at radius 2 is 2.11 bits per heavy atom. The number of nitrogens with one attached hydrogen (secondary N) is 1. The molecule has 2 rings (SSSR count). The maximum absolute atomic E-state index is 12.3. The minimum atomic E-state index is -0.877. The van der Waals surface area contributed by atoms with Crippen LogP contribution in [0.2, 0.25) is 0 Å². The smallest absolute Gasteiger partial charge is 0.241 e. The first-order chi connectivity index (χ1) is 9.08. The summed E-state index contributed by atoms with van der Waals surface area (Å²) in [7, 11) is -0.877. The van der Waals surface area contributed by atoms with Gasteiger partial charge in [-0.2, -0.15) is 0 Å². The van der Waals surface area contributed by atoms with Gasteiger partial charge in [0.25, 0.3) is 0 Å². The highest BCUT2D eigenvalue weighted by atomic mass is 32.2. The highest BCUT2D eigenvalue weighted by molar-refractivity contribution is 7.84. The summed E-state index contributed by atoms with van der Waals surface area (Å²) in [5.74, 6) is 0.646. The quantitative estimate of drug-likeness (QED) is 0.866. The van der Waals surface area contributed by atoms with E-state index in [9.17, 15) is 9.00 Å². The van der Waals surface area contributed by atoms with E-state index in [1.165, 1.54) is 0 Å². The molecule has 1 fully saturated rings. The Kier molecular flexibility index (Phi) is 4.71. The first-order valence-corrected chi connectivity index (χ1v) is 8.18. The van der Waals surface area contributed by atoms with Crippen LogP contribution >= 0.6 is 0 Å². The molecule has 1 N–H and O–H groups in total. The molecule has 1 aliphatic rings. The molecular weight excluding hydrogens is 260 g/mol. The van der Waals surface area contributed by atoms with Gasteiger partial charge in [-0.1, -0.05) is 30.3 Å². The van der Waals surface area contributed by atoms with Gasteiger partial charge < -0.3 is 4.90 Å². The number of hydrogen-bond acceptors (Lipinski definition) is 3. The lowest BCUT2D eigenvalue weighted by Gasteiger charge is -2.22. The van der Waals surface area contributed by atoms with Crippen molar-refractivity contribution < 1.29 is 9.00 Å². The third-order valence-corrected chi connectivity index (χ3v) is 4.33. The van der Waals surface area contributed by atoms with Crippen molar-refractivity contribution in [2.24, 2.45) is 0 Å². The Morgan fingerprint density at radius 1 is 1.42 bits per heavy atom. The number of nitrogens with zero attached hydrogens (tertiary/aromatic N) is 1. The van der Waals surface area contributed by atoms with E-state index in [0.717, 1.165) is 5.56 Å². The number of hydrogen-bond donors (Lipinski definition) is 1. The average molecular weight is 280 g/mol. The van der Waals surface area contributed by atoms with Gasteiger partial charge in [-0.05, 0) is 18.9 Å². The van der Waals surface area contributed by atoms with E-state index in [4.69, 9.17) is 0 Å². The van der Waals surface area contributed by atoms with Gasteiger partial charge in [-0.15, -0.1) is 0 Å². The van der Waals surface area contributed by atoms with Gasteiger partial charge in [0.2, 0.25) is 5.91 Å². The maximum Gasteiger partial charge on any atom is 0.241 e. The molecule has 19 heavy (non-hydrogen) atoms. The standard InChI is InChI=1S/C14H20N2O2S/c1-11(9-19(2)18)16-10-15-13(14(16)17)8-12-6-4-3-5-7-12/h3-7,11,13,15H,8-10H2,1-2H3. The molecule has 0 spiro atoms. The van der Waals surface area contributed by atoms with Crippen molar-refractivity contribution in [1.29, 1.82) is 0 Å². The second kappa shape index (κ2) is 6.30. The molecule has 0 radical (unpaired) electrons. The summed E-state index contributed by atoms with van der Waals surface area (Å²) in [5, 5.41) is 3.24. The third-order valence-electron chi connectivity index (χ3n) is 3.38. The van der Waals surface area contributed by atoms with Crippen LogP contribution in [0.4, 0.5) is 0 Å². The zero-order chi connectivity index (χ0) is 13.8. The summed E-state index contributed by atoms with van der Waals surface area (Å²) in [4.78, 5) is 14.1. The zero-order valence-electron chi connectivity index (χ0n) is 11.3. The molecule has 0 bridgehead atoms. The van der Waals surface area contributed by atoms with E-state index in [1.54, 1.807) is 11.2 Å². The van der Waals surface area contributed by atoms with E-state index in [1.807, 2.05) is 37.3 Å². The summed E-state index contributed by atoms with van der Waals surface area (Å²) in [6.07, 6.45) is 2.38. The molecule has 3 unspecified atom stereocenters. The number of amides is 1. The molecule has 1 aromatic carbocycles. The van der Waals surface area contributed by atoms with Gasteiger partial charge in [0.1, 0.15) is 0 Å². The molecule has 1 saturated heterocycles. The summed E-state index contributed by atoms with van der Waals surface area (Å²) >= 11 is 0. The first-order valence-electron chi connectivity index (χ1n) is 6.45.